The van der Waals surface area contributed by atoms with Crippen molar-refractivity contribution >= 4 is 17.6 Å². The molecule has 0 spiro atoms. The third kappa shape index (κ3) is 5.58. The van der Waals surface area contributed by atoms with Crippen LogP contribution in [0, 0.1) is 5.92 Å². The summed E-state index contributed by atoms with van der Waals surface area (Å²) in [5.41, 5.74) is 0.616. The number of nitrogens with one attached hydrogen (secondary N) is 1. The third-order valence-electron chi connectivity index (χ3n) is 5.36. The predicted molar refractivity (Wildman–Crippen MR) is 105 cm³/mol. The fourth-order valence-electron chi connectivity index (χ4n) is 3.71. The molecule has 0 radical (unpaired) electrons. The van der Waals surface area contributed by atoms with Gasteiger partial charge in [0, 0.05) is 45.3 Å². The maximum Gasteiger partial charge on any atom is 0.322 e. The van der Waals surface area contributed by atoms with Crippen molar-refractivity contribution in [2.75, 3.05) is 51.8 Å². The van der Waals surface area contributed by atoms with Crippen LogP contribution < -0.4 is 10.1 Å². The summed E-state index contributed by atoms with van der Waals surface area (Å²) < 4.78 is 10.3. The van der Waals surface area contributed by atoms with E-state index in [1.54, 1.807) is 30.3 Å². The van der Waals surface area contributed by atoms with Gasteiger partial charge in [-0.25, -0.2) is 9.78 Å². The maximum atomic E-state index is 12.6. The number of pyridine rings is 1. The summed E-state index contributed by atoms with van der Waals surface area (Å²) in [6, 6.07) is 3.31. The largest absolute Gasteiger partial charge is 0.475 e. The molecule has 2 heterocycles. The van der Waals surface area contributed by atoms with Gasteiger partial charge in [0.1, 0.15) is 6.61 Å². The van der Waals surface area contributed by atoms with Crippen molar-refractivity contribution in [3.63, 3.8) is 0 Å². The van der Waals surface area contributed by atoms with Crippen molar-refractivity contribution in [1.82, 2.24) is 14.8 Å². The lowest BCUT2D eigenvalue weighted by Crippen LogP contribution is -2.53. The van der Waals surface area contributed by atoms with Crippen LogP contribution in [0.3, 0.4) is 0 Å². The number of methoxy groups -OCH3 is 1. The molecule has 2 fully saturated rings. The van der Waals surface area contributed by atoms with Crippen molar-refractivity contribution in [3.8, 4) is 5.88 Å². The number of ether oxygens (including phenoxy) is 2. The van der Waals surface area contributed by atoms with Crippen LogP contribution in [0.25, 0.3) is 0 Å². The van der Waals surface area contributed by atoms with Crippen molar-refractivity contribution in [2.24, 2.45) is 5.92 Å². The van der Waals surface area contributed by atoms with Crippen LogP contribution in [0.5, 0.6) is 5.88 Å². The molecule has 8 heteroatoms. The number of rotatable bonds is 6. The van der Waals surface area contributed by atoms with E-state index in [4.69, 9.17) is 9.47 Å². The molecular formula is C20H30N4O4. The summed E-state index contributed by atoms with van der Waals surface area (Å²) in [4.78, 5) is 32.9. The van der Waals surface area contributed by atoms with E-state index < -0.39 is 0 Å². The van der Waals surface area contributed by atoms with Crippen LogP contribution >= 0.6 is 0 Å². The lowest BCUT2D eigenvalue weighted by molar-refractivity contribution is -0.138. The Bertz CT molecular complexity index is 638. The summed E-state index contributed by atoms with van der Waals surface area (Å²) in [6.07, 6.45) is 7.15. The molecule has 0 bridgehead atoms. The molecular weight excluding hydrogens is 360 g/mol. The second-order valence-electron chi connectivity index (χ2n) is 7.30. The Morgan fingerprint density at radius 3 is 2.43 bits per heavy atom. The van der Waals surface area contributed by atoms with E-state index in [1.165, 1.54) is 6.42 Å². The molecule has 1 aromatic heterocycles. The van der Waals surface area contributed by atoms with Crippen LogP contribution in [0.15, 0.2) is 18.3 Å². The quantitative estimate of drug-likeness (QED) is 0.754. The van der Waals surface area contributed by atoms with Crippen molar-refractivity contribution in [2.45, 2.75) is 32.1 Å². The zero-order chi connectivity index (χ0) is 19.8. The Morgan fingerprint density at radius 1 is 1.07 bits per heavy atom. The van der Waals surface area contributed by atoms with Crippen LogP contribution in [-0.2, 0) is 9.53 Å². The van der Waals surface area contributed by atoms with E-state index in [0.29, 0.717) is 51.0 Å². The van der Waals surface area contributed by atoms with Gasteiger partial charge in [-0.1, -0.05) is 19.3 Å². The minimum atomic E-state index is -0.167. The Balaban J connectivity index is 1.42. The third-order valence-corrected chi connectivity index (χ3v) is 5.36. The Hall–Kier alpha value is -2.35. The molecule has 0 unspecified atom stereocenters. The van der Waals surface area contributed by atoms with E-state index in [9.17, 15) is 9.59 Å². The smallest absolute Gasteiger partial charge is 0.322 e. The first-order valence-electron chi connectivity index (χ1n) is 10.1. The van der Waals surface area contributed by atoms with Gasteiger partial charge in [-0.05, 0) is 18.9 Å². The summed E-state index contributed by atoms with van der Waals surface area (Å²) in [7, 11) is 1.61. The van der Waals surface area contributed by atoms with Gasteiger partial charge in [-0.3, -0.25) is 4.79 Å². The summed E-state index contributed by atoms with van der Waals surface area (Å²) in [5.74, 6) is 0.947. The minimum absolute atomic E-state index is 0.167. The Kier molecular flexibility index (Phi) is 7.47. The molecule has 0 aromatic carbocycles. The normalized spacial score (nSPS) is 18.0. The number of carbonyl (C=O) groups excluding carboxylic acids is 2. The Morgan fingerprint density at radius 2 is 1.79 bits per heavy atom. The summed E-state index contributed by atoms with van der Waals surface area (Å²) >= 11 is 0. The minimum Gasteiger partial charge on any atom is -0.475 e. The van der Waals surface area contributed by atoms with Gasteiger partial charge in [0.15, 0.2) is 0 Å². The number of hydrogen-bond acceptors (Lipinski definition) is 5. The SMILES string of the molecule is COCCOc1ccc(NC(=O)N2CCN(C(=O)C3CCCCC3)CC2)cn1. The molecule has 0 atom stereocenters. The predicted octanol–water partition coefficient (Wildman–Crippen LogP) is 2.36. The van der Waals surface area contributed by atoms with Gasteiger partial charge < -0.3 is 24.6 Å². The van der Waals surface area contributed by atoms with Gasteiger partial charge in [0.05, 0.1) is 18.5 Å². The second kappa shape index (κ2) is 10.3. The summed E-state index contributed by atoms with van der Waals surface area (Å²) in [6.45, 7) is 3.24. The average molecular weight is 390 g/mol. The van der Waals surface area contributed by atoms with Crippen LogP contribution in [0.4, 0.5) is 10.5 Å². The number of hydrogen-bond donors (Lipinski definition) is 1. The van der Waals surface area contributed by atoms with Crippen molar-refractivity contribution < 1.29 is 19.1 Å². The highest BCUT2D eigenvalue weighted by Gasteiger charge is 2.29. The van der Waals surface area contributed by atoms with Gasteiger partial charge in [-0.15, -0.1) is 0 Å². The van der Waals surface area contributed by atoms with Crippen molar-refractivity contribution in [3.05, 3.63) is 18.3 Å². The molecule has 2 aliphatic rings. The highest BCUT2D eigenvalue weighted by atomic mass is 16.5. The summed E-state index contributed by atoms with van der Waals surface area (Å²) in [5, 5.41) is 2.85. The lowest BCUT2D eigenvalue weighted by Gasteiger charge is -2.37. The highest BCUT2D eigenvalue weighted by molar-refractivity contribution is 5.89. The number of aromatic nitrogens is 1. The molecule has 3 rings (SSSR count). The average Bonchev–Trinajstić information content (AvgIpc) is 2.75. The molecule has 1 aliphatic heterocycles. The van der Waals surface area contributed by atoms with Gasteiger partial charge in [0.25, 0.3) is 0 Å². The standard InChI is InChI=1S/C20H30N4O4/c1-27-13-14-28-18-8-7-17(15-21-18)22-20(26)24-11-9-23(10-12-24)19(25)16-5-3-2-4-6-16/h7-8,15-16H,2-6,9-14H2,1H3,(H,22,26). The fourth-order valence-corrected chi connectivity index (χ4v) is 3.71. The highest BCUT2D eigenvalue weighted by Crippen LogP contribution is 2.26. The molecule has 1 aliphatic carbocycles. The molecule has 28 heavy (non-hydrogen) atoms. The number of urea groups is 1. The van der Waals surface area contributed by atoms with Crippen LogP contribution in [0.2, 0.25) is 0 Å². The van der Waals surface area contributed by atoms with E-state index in [0.717, 1.165) is 25.7 Å². The second-order valence-corrected chi connectivity index (χ2v) is 7.30. The first-order chi connectivity index (χ1) is 13.7. The fraction of sp³-hybridized carbons (Fsp3) is 0.650. The Labute approximate surface area is 166 Å². The van der Waals surface area contributed by atoms with Crippen molar-refractivity contribution in [1.29, 1.82) is 0 Å². The first-order valence-corrected chi connectivity index (χ1v) is 10.1. The van der Waals surface area contributed by atoms with Crippen LogP contribution in [0.1, 0.15) is 32.1 Å². The number of piperazine rings is 1. The zero-order valence-electron chi connectivity index (χ0n) is 16.6. The van der Waals surface area contributed by atoms with E-state index in [-0.39, 0.29) is 17.9 Å². The maximum absolute atomic E-state index is 12.6. The first kappa shape index (κ1) is 20.4. The number of amides is 3. The van der Waals surface area contributed by atoms with E-state index in [2.05, 4.69) is 10.3 Å². The number of anilines is 1. The number of nitrogens with zero attached hydrogens (tertiary/aromatic N) is 3. The van der Waals surface area contributed by atoms with Gasteiger partial charge in [-0.2, -0.15) is 0 Å². The molecule has 8 nitrogen and oxygen atoms in total. The molecule has 1 aromatic rings. The van der Waals surface area contributed by atoms with E-state index >= 15 is 0 Å². The van der Waals surface area contributed by atoms with Gasteiger partial charge in [0.2, 0.25) is 11.8 Å². The molecule has 1 saturated carbocycles. The molecule has 154 valence electrons. The number of carbonyl (C=O) groups is 2. The zero-order valence-corrected chi connectivity index (χ0v) is 16.6. The van der Waals surface area contributed by atoms with E-state index in [1.807, 2.05) is 4.90 Å². The molecule has 1 N–H and O–H groups in total. The monoisotopic (exact) mass is 390 g/mol. The van der Waals surface area contributed by atoms with Crippen LogP contribution in [-0.4, -0.2) is 73.2 Å². The lowest BCUT2D eigenvalue weighted by atomic mass is 9.88. The molecule has 3 amide bonds. The topological polar surface area (TPSA) is 84.0 Å². The molecule has 1 saturated heterocycles. The van der Waals surface area contributed by atoms with Gasteiger partial charge >= 0.3 is 6.03 Å².